The molecular weight excluding hydrogens is 410 g/mol. The number of carbonyl (C=O) groups excluding carboxylic acids is 2. The fraction of sp³-hybridized carbons (Fsp3) is 0.250. The van der Waals surface area contributed by atoms with Crippen LogP contribution in [0.4, 0.5) is 0 Å². The third-order valence-electron chi connectivity index (χ3n) is 4.63. The lowest BCUT2D eigenvalue weighted by molar-refractivity contribution is -0.139. The van der Waals surface area contributed by atoms with Gasteiger partial charge in [0.25, 0.3) is 5.91 Å². The van der Waals surface area contributed by atoms with Crippen molar-refractivity contribution < 1.29 is 27.9 Å². The van der Waals surface area contributed by atoms with Gasteiger partial charge in [0.2, 0.25) is 10.0 Å². The molecule has 1 aromatic carbocycles. The predicted octanol–water partition coefficient (Wildman–Crippen LogP) is 1.17. The lowest BCUT2D eigenvalue weighted by Crippen LogP contribution is -2.34. The summed E-state index contributed by atoms with van der Waals surface area (Å²) in [6.07, 6.45) is 3.62. The van der Waals surface area contributed by atoms with Crippen LogP contribution in [0.5, 0.6) is 5.75 Å². The minimum Gasteiger partial charge on any atom is -0.505 e. The third-order valence-corrected chi connectivity index (χ3v) is 6.51. The molecule has 2 heterocycles. The Morgan fingerprint density at radius 2 is 2.00 bits per heavy atom. The van der Waals surface area contributed by atoms with Gasteiger partial charge in [0.1, 0.15) is 12.3 Å². The van der Waals surface area contributed by atoms with Gasteiger partial charge in [0, 0.05) is 19.3 Å². The number of esters is 1. The maximum Gasteiger partial charge on any atom is 0.325 e. The van der Waals surface area contributed by atoms with Crippen molar-refractivity contribution in [3.8, 4) is 5.75 Å². The van der Waals surface area contributed by atoms with Crippen molar-refractivity contribution in [2.75, 3.05) is 26.7 Å². The van der Waals surface area contributed by atoms with Crippen LogP contribution >= 0.6 is 0 Å². The number of benzene rings is 1. The quantitative estimate of drug-likeness (QED) is 0.658. The lowest BCUT2D eigenvalue weighted by atomic mass is 10.0. The summed E-state index contributed by atoms with van der Waals surface area (Å²) in [6.45, 7) is 0.134. The number of aromatic nitrogens is 1. The Balaban J connectivity index is 1.71. The second kappa shape index (κ2) is 9.06. The number of pyridine rings is 1. The summed E-state index contributed by atoms with van der Waals surface area (Å²) in [5.74, 6) is -1.67. The normalized spacial score (nSPS) is 14.6. The molecule has 3 rings (SSSR count). The zero-order valence-electron chi connectivity index (χ0n) is 16.2. The number of hydrogen-bond donors (Lipinski definition) is 2. The van der Waals surface area contributed by atoms with Crippen LogP contribution in [0.25, 0.3) is 5.57 Å². The van der Waals surface area contributed by atoms with Crippen molar-refractivity contribution in [3.63, 3.8) is 0 Å². The van der Waals surface area contributed by atoms with E-state index in [2.05, 4.69) is 15.0 Å². The van der Waals surface area contributed by atoms with Gasteiger partial charge in [0.15, 0.2) is 5.69 Å². The fourth-order valence-corrected chi connectivity index (χ4v) is 4.39. The molecule has 10 heteroatoms. The van der Waals surface area contributed by atoms with E-state index in [9.17, 15) is 23.1 Å². The van der Waals surface area contributed by atoms with Crippen LogP contribution in [-0.4, -0.2) is 61.4 Å². The molecule has 0 saturated carbocycles. The molecule has 1 amide bonds. The molecule has 1 aromatic heterocycles. The highest BCUT2D eigenvalue weighted by atomic mass is 32.2. The summed E-state index contributed by atoms with van der Waals surface area (Å²) >= 11 is 0. The number of sulfonamides is 1. The number of nitrogens with zero attached hydrogens (tertiary/aromatic N) is 2. The summed E-state index contributed by atoms with van der Waals surface area (Å²) in [6, 6.07) is 9.62. The Morgan fingerprint density at radius 1 is 1.27 bits per heavy atom. The molecule has 1 aliphatic rings. The van der Waals surface area contributed by atoms with Crippen molar-refractivity contribution >= 4 is 27.5 Å². The Hall–Kier alpha value is -3.24. The Kier molecular flexibility index (Phi) is 6.48. The smallest absolute Gasteiger partial charge is 0.325 e. The van der Waals surface area contributed by atoms with Gasteiger partial charge in [-0.25, -0.2) is 13.4 Å². The number of amides is 1. The van der Waals surface area contributed by atoms with E-state index in [0.29, 0.717) is 12.0 Å². The second-order valence-electron chi connectivity index (χ2n) is 6.51. The zero-order valence-corrected chi connectivity index (χ0v) is 17.1. The van der Waals surface area contributed by atoms with Crippen LogP contribution in [0.1, 0.15) is 22.5 Å². The molecule has 0 aliphatic carbocycles. The molecule has 9 nitrogen and oxygen atoms in total. The van der Waals surface area contributed by atoms with Crippen LogP contribution in [0.3, 0.4) is 0 Å². The van der Waals surface area contributed by atoms with Crippen molar-refractivity contribution in [1.29, 1.82) is 0 Å². The average Bonchev–Trinajstić information content (AvgIpc) is 2.77. The number of rotatable bonds is 6. The standard InChI is InChI=1S/C20H21N3O6S/c1-29-18(25)13-22-20(26)19-17(24)11-15(12-21-19)14-7-9-23(10-8-14)30(27,28)16-5-3-2-4-6-16/h2-7,11-12,24H,8-10,13H2,1H3,(H,22,26). The Labute approximate surface area is 174 Å². The van der Waals surface area contributed by atoms with Gasteiger partial charge in [0.05, 0.1) is 12.0 Å². The van der Waals surface area contributed by atoms with Gasteiger partial charge < -0.3 is 15.2 Å². The number of nitrogens with one attached hydrogen (secondary N) is 1. The lowest BCUT2D eigenvalue weighted by Gasteiger charge is -2.26. The summed E-state index contributed by atoms with van der Waals surface area (Å²) in [4.78, 5) is 27.4. The van der Waals surface area contributed by atoms with Crippen LogP contribution < -0.4 is 5.32 Å². The maximum absolute atomic E-state index is 12.7. The average molecular weight is 431 g/mol. The molecule has 0 fully saturated rings. The van der Waals surface area contributed by atoms with Crippen LogP contribution in [0.15, 0.2) is 53.6 Å². The summed E-state index contributed by atoms with van der Waals surface area (Å²) < 4.78 is 31.2. The minimum absolute atomic E-state index is 0.189. The first-order valence-electron chi connectivity index (χ1n) is 9.11. The molecule has 158 valence electrons. The fourth-order valence-electron chi connectivity index (χ4n) is 2.98. The first-order chi connectivity index (χ1) is 14.3. The topological polar surface area (TPSA) is 126 Å². The first-order valence-corrected chi connectivity index (χ1v) is 10.6. The Bertz CT molecular complexity index is 1080. The van der Waals surface area contributed by atoms with Gasteiger partial charge in [-0.05, 0) is 35.8 Å². The van der Waals surface area contributed by atoms with Gasteiger partial charge in [-0.3, -0.25) is 9.59 Å². The van der Waals surface area contributed by atoms with Crippen LogP contribution in [-0.2, 0) is 19.6 Å². The third kappa shape index (κ3) is 4.66. The summed E-state index contributed by atoms with van der Waals surface area (Å²) in [5.41, 5.74) is 1.19. The molecule has 1 aliphatic heterocycles. The summed E-state index contributed by atoms with van der Waals surface area (Å²) in [7, 11) is -2.38. The second-order valence-corrected chi connectivity index (χ2v) is 8.44. The first kappa shape index (κ1) is 21.5. The molecule has 2 N–H and O–H groups in total. The van der Waals surface area contributed by atoms with E-state index in [0.717, 1.165) is 5.57 Å². The van der Waals surface area contributed by atoms with Crippen LogP contribution in [0.2, 0.25) is 0 Å². The molecule has 0 atom stereocenters. The van der Waals surface area contributed by atoms with Crippen molar-refractivity contribution in [2.24, 2.45) is 0 Å². The van der Waals surface area contributed by atoms with Crippen molar-refractivity contribution in [2.45, 2.75) is 11.3 Å². The van der Waals surface area contributed by atoms with E-state index in [1.165, 1.54) is 23.7 Å². The molecular formula is C20H21N3O6S. The number of aromatic hydroxyl groups is 1. The molecule has 2 aromatic rings. The molecule has 0 saturated heterocycles. The number of carbonyl (C=O) groups is 2. The van der Waals surface area contributed by atoms with Crippen molar-refractivity contribution in [1.82, 2.24) is 14.6 Å². The predicted molar refractivity (Wildman–Crippen MR) is 108 cm³/mol. The summed E-state index contributed by atoms with van der Waals surface area (Å²) in [5, 5.41) is 12.5. The molecule has 0 bridgehead atoms. The van der Waals surface area contributed by atoms with E-state index >= 15 is 0 Å². The van der Waals surface area contributed by atoms with Gasteiger partial charge in [-0.1, -0.05) is 24.3 Å². The SMILES string of the molecule is COC(=O)CNC(=O)c1ncc(C2=CCN(S(=O)(=O)c3ccccc3)CC2)cc1O. The number of methoxy groups -OCH3 is 1. The van der Waals surface area contributed by atoms with E-state index in [4.69, 9.17) is 0 Å². The van der Waals surface area contributed by atoms with Crippen LogP contribution in [0, 0.1) is 0 Å². The highest BCUT2D eigenvalue weighted by Crippen LogP contribution is 2.28. The number of ether oxygens (including phenoxy) is 1. The van der Waals surface area contributed by atoms with Gasteiger partial charge in [-0.15, -0.1) is 0 Å². The molecule has 0 spiro atoms. The van der Waals surface area contributed by atoms with Gasteiger partial charge in [-0.2, -0.15) is 4.31 Å². The molecule has 30 heavy (non-hydrogen) atoms. The largest absolute Gasteiger partial charge is 0.505 e. The minimum atomic E-state index is -3.58. The van der Waals surface area contributed by atoms with Crippen molar-refractivity contribution in [3.05, 3.63) is 59.9 Å². The monoisotopic (exact) mass is 431 g/mol. The zero-order chi connectivity index (χ0) is 21.7. The molecule has 0 radical (unpaired) electrons. The Morgan fingerprint density at radius 3 is 2.60 bits per heavy atom. The highest BCUT2D eigenvalue weighted by Gasteiger charge is 2.26. The maximum atomic E-state index is 12.7. The van der Waals surface area contributed by atoms with E-state index in [1.54, 1.807) is 36.4 Å². The molecule has 0 unspecified atom stereocenters. The van der Waals surface area contributed by atoms with E-state index in [-0.39, 0.29) is 36.0 Å². The van der Waals surface area contributed by atoms with E-state index in [1.807, 2.05) is 0 Å². The van der Waals surface area contributed by atoms with Gasteiger partial charge >= 0.3 is 5.97 Å². The number of hydrogen-bond acceptors (Lipinski definition) is 7. The van der Waals surface area contributed by atoms with E-state index < -0.39 is 21.9 Å². The highest BCUT2D eigenvalue weighted by molar-refractivity contribution is 7.89.